The van der Waals surface area contributed by atoms with Crippen LogP contribution < -0.4 is 0 Å². The third-order valence-corrected chi connectivity index (χ3v) is 5.21. The van der Waals surface area contributed by atoms with Crippen LogP contribution in [0.3, 0.4) is 0 Å². The SMILES string of the molecule is Cc1sc(C(Cl)c2c(F)cc(F)cc2F)cc1Br. The molecule has 2 rings (SSSR count). The van der Waals surface area contributed by atoms with E-state index in [-0.39, 0.29) is 5.56 Å². The number of rotatable bonds is 2. The number of benzene rings is 1. The highest BCUT2D eigenvalue weighted by atomic mass is 79.9. The summed E-state index contributed by atoms with van der Waals surface area (Å²) in [4.78, 5) is 1.56. The second kappa shape index (κ2) is 5.23. The topological polar surface area (TPSA) is 0 Å². The van der Waals surface area contributed by atoms with Gasteiger partial charge in [-0.05, 0) is 28.9 Å². The standard InChI is InChI=1S/C12H7BrClF3S/c1-5-7(13)4-10(18-5)12(14)11-8(16)2-6(15)3-9(11)17/h2-4,12H,1H3. The van der Waals surface area contributed by atoms with Gasteiger partial charge in [0.2, 0.25) is 0 Å². The highest BCUT2D eigenvalue weighted by Gasteiger charge is 2.23. The Morgan fingerprint density at radius 2 is 1.72 bits per heavy atom. The summed E-state index contributed by atoms with van der Waals surface area (Å²) in [7, 11) is 0. The van der Waals surface area contributed by atoms with Crippen LogP contribution in [0.5, 0.6) is 0 Å². The third kappa shape index (κ3) is 2.58. The van der Waals surface area contributed by atoms with E-state index in [1.165, 1.54) is 11.3 Å². The highest BCUT2D eigenvalue weighted by molar-refractivity contribution is 9.10. The summed E-state index contributed by atoms with van der Waals surface area (Å²) in [5, 5.41) is -0.972. The van der Waals surface area contributed by atoms with E-state index in [1.54, 1.807) is 6.07 Å². The Morgan fingerprint density at radius 1 is 1.17 bits per heavy atom. The quantitative estimate of drug-likeness (QED) is 0.618. The molecule has 1 atom stereocenters. The minimum atomic E-state index is -0.977. The van der Waals surface area contributed by atoms with Gasteiger partial charge in [0.05, 0.1) is 5.38 Å². The van der Waals surface area contributed by atoms with Gasteiger partial charge in [-0.3, -0.25) is 0 Å². The molecule has 18 heavy (non-hydrogen) atoms. The Labute approximate surface area is 120 Å². The number of halogens is 5. The largest absolute Gasteiger partial charge is 0.207 e. The first-order valence-corrected chi connectivity index (χ1v) is 6.99. The number of alkyl halides is 1. The van der Waals surface area contributed by atoms with E-state index >= 15 is 0 Å². The van der Waals surface area contributed by atoms with Crippen molar-refractivity contribution < 1.29 is 13.2 Å². The summed E-state index contributed by atoms with van der Waals surface area (Å²) < 4.78 is 40.8. The molecule has 0 aliphatic heterocycles. The van der Waals surface area contributed by atoms with Gasteiger partial charge in [0.1, 0.15) is 17.5 Å². The van der Waals surface area contributed by atoms with Crippen molar-refractivity contribution in [3.8, 4) is 0 Å². The normalized spacial score (nSPS) is 12.8. The van der Waals surface area contributed by atoms with Crippen molar-refractivity contribution in [1.82, 2.24) is 0 Å². The average molecular weight is 356 g/mol. The fourth-order valence-electron chi connectivity index (χ4n) is 1.54. The summed E-state index contributed by atoms with van der Waals surface area (Å²) in [5.41, 5.74) is -0.327. The summed E-state index contributed by atoms with van der Waals surface area (Å²) in [6, 6.07) is 2.96. The van der Waals surface area contributed by atoms with Crippen molar-refractivity contribution in [1.29, 1.82) is 0 Å². The van der Waals surface area contributed by atoms with Crippen molar-refractivity contribution in [3.05, 3.63) is 55.4 Å². The monoisotopic (exact) mass is 354 g/mol. The van der Waals surface area contributed by atoms with Gasteiger partial charge in [0.25, 0.3) is 0 Å². The number of hydrogen-bond acceptors (Lipinski definition) is 1. The van der Waals surface area contributed by atoms with Crippen molar-refractivity contribution in [2.75, 3.05) is 0 Å². The van der Waals surface area contributed by atoms with Gasteiger partial charge in [0.15, 0.2) is 0 Å². The zero-order chi connectivity index (χ0) is 13.4. The summed E-state index contributed by atoms with van der Waals surface area (Å²) in [5.74, 6) is -2.91. The van der Waals surface area contributed by atoms with Crippen LogP contribution in [0.2, 0.25) is 0 Å². The van der Waals surface area contributed by atoms with Gasteiger partial charge in [-0.15, -0.1) is 22.9 Å². The molecule has 0 fully saturated rings. The van der Waals surface area contributed by atoms with E-state index in [2.05, 4.69) is 15.9 Å². The lowest BCUT2D eigenvalue weighted by Crippen LogP contribution is -2.00. The van der Waals surface area contributed by atoms with Crippen LogP contribution in [0.15, 0.2) is 22.7 Å². The zero-order valence-corrected chi connectivity index (χ0v) is 12.3. The minimum Gasteiger partial charge on any atom is -0.207 e. The van der Waals surface area contributed by atoms with E-state index in [9.17, 15) is 13.2 Å². The minimum absolute atomic E-state index is 0.327. The molecule has 1 unspecified atom stereocenters. The fourth-order valence-corrected chi connectivity index (χ4v) is 3.50. The van der Waals surface area contributed by atoms with E-state index < -0.39 is 22.8 Å². The van der Waals surface area contributed by atoms with Crippen LogP contribution in [0.4, 0.5) is 13.2 Å². The zero-order valence-electron chi connectivity index (χ0n) is 9.11. The van der Waals surface area contributed by atoms with Gasteiger partial charge in [-0.1, -0.05) is 0 Å². The summed E-state index contributed by atoms with van der Waals surface area (Å²) >= 11 is 10.7. The molecule has 1 aromatic carbocycles. The molecule has 96 valence electrons. The Balaban J connectivity index is 2.49. The Bertz CT molecular complexity index is 554. The van der Waals surface area contributed by atoms with Crippen molar-refractivity contribution in [3.63, 3.8) is 0 Å². The Morgan fingerprint density at radius 3 is 2.17 bits per heavy atom. The molecule has 1 aromatic heterocycles. The van der Waals surface area contributed by atoms with Crippen LogP contribution in [-0.4, -0.2) is 0 Å². The van der Waals surface area contributed by atoms with Gasteiger partial charge in [0, 0.05) is 31.9 Å². The molecule has 0 amide bonds. The molecule has 0 nitrogen and oxygen atoms in total. The first kappa shape index (κ1) is 13.9. The lowest BCUT2D eigenvalue weighted by Gasteiger charge is -2.10. The molecular weight excluding hydrogens is 349 g/mol. The van der Waals surface area contributed by atoms with Gasteiger partial charge < -0.3 is 0 Å². The molecule has 1 heterocycles. The second-order valence-electron chi connectivity index (χ2n) is 3.70. The van der Waals surface area contributed by atoms with Gasteiger partial charge in [-0.25, -0.2) is 13.2 Å². The highest BCUT2D eigenvalue weighted by Crippen LogP contribution is 2.39. The third-order valence-electron chi connectivity index (χ3n) is 2.42. The summed E-state index contributed by atoms with van der Waals surface area (Å²) in [6.07, 6.45) is 0. The fraction of sp³-hybridized carbons (Fsp3) is 0.167. The van der Waals surface area contributed by atoms with Crippen LogP contribution >= 0.6 is 38.9 Å². The molecule has 0 bridgehead atoms. The number of hydrogen-bond donors (Lipinski definition) is 0. The molecular formula is C12H7BrClF3S. The van der Waals surface area contributed by atoms with E-state index in [1.807, 2.05) is 6.92 Å². The van der Waals surface area contributed by atoms with Gasteiger partial charge >= 0.3 is 0 Å². The Kier molecular flexibility index (Phi) is 4.04. The molecule has 0 aliphatic carbocycles. The predicted octanol–water partition coefficient (Wildman–Crippen LogP) is 5.56. The molecule has 0 aliphatic rings. The Hall–Kier alpha value is -0.520. The van der Waals surface area contributed by atoms with E-state index in [0.29, 0.717) is 17.0 Å². The molecule has 0 spiro atoms. The number of thiophene rings is 1. The van der Waals surface area contributed by atoms with Crippen molar-refractivity contribution >= 4 is 38.9 Å². The van der Waals surface area contributed by atoms with Crippen LogP contribution in [0, 0.1) is 24.4 Å². The lowest BCUT2D eigenvalue weighted by atomic mass is 10.1. The first-order chi connectivity index (χ1) is 8.40. The predicted molar refractivity (Wildman–Crippen MR) is 70.8 cm³/mol. The number of aryl methyl sites for hydroxylation is 1. The maximum atomic E-state index is 13.6. The molecule has 2 aromatic rings. The first-order valence-electron chi connectivity index (χ1n) is 4.94. The van der Waals surface area contributed by atoms with Crippen molar-refractivity contribution in [2.45, 2.75) is 12.3 Å². The molecule has 0 N–H and O–H groups in total. The molecule has 6 heteroatoms. The second-order valence-corrected chi connectivity index (χ2v) is 6.28. The van der Waals surface area contributed by atoms with E-state index in [0.717, 1.165) is 9.35 Å². The van der Waals surface area contributed by atoms with Crippen LogP contribution in [0.1, 0.15) is 20.7 Å². The smallest absolute Gasteiger partial charge is 0.134 e. The van der Waals surface area contributed by atoms with Crippen LogP contribution in [0.25, 0.3) is 0 Å². The molecule has 0 radical (unpaired) electrons. The molecule has 0 saturated carbocycles. The lowest BCUT2D eigenvalue weighted by molar-refractivity contribution is 0.526. The maximum Gasteiger partial charge on any atom is 0.134 e. The van der Waals surface area contributed by atoms with E-state index in [4.69, 9.17) is 11.6 Å². The van der Waals surface area contributed by atoms with Crippen LogP contribution in [-0.2, 0) is 0 Å². The molecule has 0 saturated heterocycles. The van der Waals surface area contributed by atoms with Crippen molar-refractivity contribution in [2.24, 2.45) is 0 Å². The maximum absolute atomic E-state index is 13.6. The van der Waals surface area contributed by atoms with Gasteiger partial charge in [-0.2, -0.15) is 0 Å². The average Bonchev–Trinajstić information content (AvgIpc) is 2.57. The summed E-state index contributed by atoms with van der Waals surface area (Å²) in [6.45, 7) is 1.86.